The summed E-state index contributed by atoms with van der Waals surface area (Å²) in [5.74, 6) is -0.272. The number of likely N-dealkylation sites (N-methyl/N-ethyl adjacent to an activating group) is 2. The molecular formula is C17H22FN3O. The van der Waals surface area contributed by atoms with Crippen LogP contribution in [0, 0.1) is 19.7 Å². The second-order valence-corrected chi connectivity index (χ2v) is 5.43. The molecule has 0 aliphatic rings. The molecule has 1 aromatic heterocycles. The summed E-state index contributed by atoms with van der Waals surface area (Å²) in [5.41, 5.74) is 3.36. The van der Waals surface area contributed by atoms with Crippen LogP contribution in [0.4, 0.5) is 4.39 Å². The summed E-state index contributed by atoms with van der Waals surface area (Å²) in [7, 11) is 3.66. The first-order valence-corrected chi connectivity index (χ1v) is 7.30. The Morgan fingerprint density at radius 2 is 1.91 bits per heavy atom. The topological polar surface area (TPSA) is 37.3 Å². The van der Waals surface area contributed by atoms with Crippen LogP contribution in [-0.4, -0.2) is 42.6 Å². The minimum absolute atomic E-state index is 0.00304. The Balaban J connectivity index is 2.34. The summed E-state index contributed by atoms with van der Waals surface area (Å²) >= 11 is 0. The highest BCUT2D eigenvalue weighted by Gasteiger charge is 2.19. The van der Waals surface area contributed by atoms with Crippen molar-refractivity contribution in [1.82, 2.24) is 14.8 Å². The first-order chi connectivity index (χ1) is 10.5. The summed E-state index contributed by atoms with van der Waals surface area (Å²) in [4.78, 5) is 14.2. The van der Waals surface area contributed by atoms with Crippen molar-refractivity contribution in [3.8, 4) is 5.69 Å². The molecule has 2 rings (SSSR count). The van der Waals surface area contributed by atoms with Gasteiger partial charge in [-0.3, -0.25) is 4.79 Å². The van der Waals surface area contributed by atoms with Crippen LogP contribution in [0.3, 0.4) is 0 Å². The van der Waals surface area contributed by atoms with Crippen molar-refractivity contribution in [3.63, 3.8) is 0 Å². The van der Waals surface area contributed by atoms with Gasteiger partial charge < -0.3 is 14.8 Å². The number of aryl methyl sites for hydroxylation is 1. The van der Waals surface area contributed by atoms with Crippen molar-refractivity contribution in [2.75, 3.05) is 27.2 Å². The SMILES string of the molecule is CNCCN(C)C(=O)c1cc(C)n(-c2ccc(F)cc2)c1C. The molecule has 22 heavy (non-hydrogen) atoms. The Morgan fingerprint density at radius 1 is 1.27 bits per heavy atom. The maximum Gasteiger partial charge on any atom is 0.255 e. The fourth-order valence-electron chi connectivity index (χ4n) is 2.55. The molecule has 0 saturated carbocycles. The van der Waals surface area contributed by atoms with E-state index in [-0.39, 0.29) is 11.7 Å². The normalized spacial score (nSPS) is 10.8. The molecule has 0 spiro atoms. The highest BCUT2D eigenvalue weighted by molar-refractivity contribution is 5.95. The quantitative estimate of drug-likeness (QED) is 0.921. The van der Waals surface area contributed by atoms with Gasteiger partial charge in [0.05, 0.1) is 5.56 Å². The number of aromatic nitrogens is 1. The zero-order valence-corrected chi connectivity index (χ0v) is 13.5. The number of nitrogens with zero attached hydrogens (tertiary/aromatic N) is 2. The number of hydrogen-bond acceptors (Lipinski definition) is 2. The molecule has 0 aliphatic carbocycles. The minimum Gasteiger partial charge on any atom is -0.340 e. The van der Waals surface area contributed by atoms with Crippen LogP contribution >= 0.6 is 0 Å². The number of halogens is 1. The van der Waals surface area contributed by atoms with Crippen LogP contribution in [0.25, 0.3) is 5.69 Å². The Morgan fingerprint density at radius 3 is 2.50 bits per heavy atom. The number of rotatable bonds is 5. The lowest BCUT2D eigenvalue weighted by atomic mass is 10.2. The third-order valence-corrected chi connectivity index (χ3v) is 3.79. The molecule has 4 nitrogen and oxygen atoms in total. The van der Waals surface area contributed by atoms with Gasteiger partial charge in [-0.1, -0.05) is 0 Å². The molecule has 1 aromatic carbocycles. The average molecular weight is 303 g/mol. The second-order valence-electron chi connectivity index (χ2n) is 5.43. The van der Waals surface area contributed by atoms with Gasteiger partial charge in [0, 0.05) is 37.2 Å². The lowest BCUT2D eigenvalue weighted by Gasteiger charge is -2.17. The average Bonchev–Trinajstić information content (AvgIpc) is 2.80. The van der Waals surface area contributed by atoms with E-state index in [0.29, 0.717) is 12.1 Å². The van der Waals surface area contributed by atoms with Gasteiger partial charge in [0.25, 0.3) is 5.91 Å². The molecule has 1 amide bonds. The van der Waals surface area contributed by atoms with E-state index >= 15 is 0 Å². The van der Waals surface area contributed by atoms with E-state index in [9.17, 15) is 9.18 Å². The molecule has 2 aromatic rings. The van der Waals surface area contributed by atoms with Crippen molar-refractivity contribution in [1.29, 1.82) is 0 Å². The smallest absolute Gasteiger partial charge is 0.255 e. The molecule has 1 heterocycles. The summed E-state index contributed by atoms with van der Waals surface area (Å²) in [6.07, 6.45) is 0. The molecule has 0 saturated heterocycles. The summed E-state index contributed by atoms with van der Waals surface area (Å²) in [6.45, 7) is 5.25. The molecule has 0 aliphatic heterocycles. The highest BCUT2D eigenvalue weighted by Crippen LogP contribution is 2.22. The molecule has 0 unspecified atom stereocenters. The van der Waals surface area contributed by atoms with Crippen molar-refractivity contribution < 1.29 is 9.18 Å². The van der Waals surface area contributed by atoms with Crippen molar-refractivity contribution in [3.05, 3.63) is 53.1 Å². The summed E-state index contributed by atoms with van der Waals surface area (Å²) in [6, 6.07) is 8.17. The van der Waals surface area contributed by atoms with E-state index in [1.165, 1.54) is 12.1 Å². The van der Waals surface area contributed by atoms with Gasteiger partial charge in [-0.25, -0.2) is 4.39 Å². The van der Waals surface area contributed by atoms with Gasteiger partial charge in [-0.05, 0) is 51.2 Å². The number of carbonyl (C=O) groups is 1. The largest absolute Gasteiger partial charge is 0.340 e. The van der Waals surface area contributed by atoms with Gasteiger partial charge >= 0.3 is 0 Å². The van der Waals surface area contributed by atoms with E-state index in [0.717, 1.165) is 23.6 Å². The lowest BCUT2D eigenvalue weighted by molar-refractivity contribution is 0.0796. The van der Waals surface area contributed by atoms with Gasteiger partial charge in [-0.15, -0.1) is 0 Å². The van der Waals surface area contributed by atoms with Crippen LogP contribution in [-0.2, 0) is 0 Å². The molecule has 1 N–H and O–H groups in total. The van der Waals surface area contributed by atoms with Gasteiger partial charge in [0.2, 0.25) is 0 Å². The Labute approximate surface area is 130 Å². The van der Waals surface area contributed by atoms with Crippen LogP contribution in [0.15, 0.2) is 30.3 Å². The Hall–Kier alpha value is -2.14. The molecule has 0 radical (unpaired) electrons. The predicted octanol–water partition coefficient (Wildman–Crippen LogP) is 2.52. The second kappa shape index (κ2) is 6.75. The van der Waals surface area contributed by atoms with E-state index in [1.807, 2.05) is 31.5 Å². The number of hydrogen-bond donors (Lipinski definition) is 1. The third kappa shape index (κ3) is 3.20. The van der Waals surface area contributed by atoms with Crippen LogP contribution < -0.4 is 5.32 Å². The molecule has 0 fully saturated rings. The Kier molecular flexibility index (Phi) is 4.98. The number of carbonyl (C=O) groups excluding carboxylic acids is 1. The minimum atomic E-state index is -0.269. The maximum atomic E-state index is 13.1. The summed E-state index contributed by atoms with van der Waals surface area (Å²) < 4.78 is 15.1. The summed E-state index contributed by atoms with van der Waals surface area (Å²) in [5, 5.41) is 3.03. The van der Waals surface area contributed by atoms with E-state index in [2.05, 4.69) is 5.32 Å². The molecule has 0 bridgehead atoms. The number of amides is 1. The van der Waals surface area contributed by atoms with Gasteiger partial charge in [-0.2, -0.15) is 0 Å². The van der Waals surface area contributed by atoms with E-state index in [4.69, 9.17) is 0 Å². The van der Waals surface area contributed by atoms with E-state index in [1.54, 1.807) is 24.1 Å². The first-order valence-electron chi connectivity index (χ1n) is 7.30. The Bertz CT molecular complexity index is 661. The number of benzene rings is 1. The monoisotopic (exact) mass is 303 g/mol. The predicted molar refractivity (Wildman–Crippen MR) is 86.1 cm³/mol. The molecule has 5 heteroatoms. The van der Waals surface area contributed by atoms with Crippen molar-refractivity contribution >= 4 is 5.91 Å². The fraction of sp³-hybridized carbons (Fsp3) is 0.353. The fourth-order valence-corrected chi connectivity index (χ4v) is 2.55. The molecule has 0 atom stereocenters. The standard InChI is InChI=1S/C17H22FN3O/c1-12-11-16(17(22)20(4)10-9-19-3)13(2)21(12)15-7-5-14(18)6-8-15/h5-8,11,19H,9-10H2,1-4H3. The van der Waals surface area contributed by atoms with Crippen molar-refractivity contribution in [2.24, 2.45) is 0 Å². The highest BCUT2D eigenvalue weighted by atomic mass is 19.1. The lowest BCUT2D eigenvalue weighted by Crippen LogP contribution is -2.33. The molecule has 118 valence electrons. The molecular weight excluding hydrogens is 281 g/mol. The zero-order valence-electron chi connectivity index (χ0n) is 13.5. The van der Waals surface area contributed by atoms with E-state index < -0.39 is 0 Å². The van der Waals surface area contributed by atoms with Crippen LogP contribution in [0.1, 0.15) is 21.7 Å². The van der Waals surface area contributed by atoms with Gasteiger partial charge in [0.1, 0.15) is 5.82 Å². The van der Waals surface area contributed by atoms with Crippen molar-refractivity contribution in [2.45, 2.75) is 13.8 Å². The zero-order chi connectivity index (χ0) is 16.3. The maximum absolute atomic E-state index is 13.1. The van der Waals surface area contributed by atoms with Gasteiger partial charge in [0.15, 0.2) is 0 Å². The van der Waals surface area contributed by atoms with Crippen LogP contribution in [0.5, 0.6) is 0 Å². The van der Waals surface area contributed by atoms with Crippen LogP contribution in [0.2, 0.25) is 0 Å². The first kappa shape index (κ1) is 16.2. The number of nitrogens with one attached hydrogen (secondary N) is 1. The third-order valence-electron chi connectivity index (χ3n) is 3.79.